The summed E-state index contributed by atoms with van der Waals surface area (Å²) in [6.45, 7) is 2.70. The molecule has 0 unspecified atom stereocenters. The number of aryl methyl sites for hydroxylation is 1. The summed E-state index contributed by atoms with van der Waals surface area (Å²) >= 11 is 4.64. The minimum atomic E-state index is -0.540. The van der Waals surface area contributed by atoms with Crippen LogP contribution in [0.3, 0.4) is 0 Å². The molecule has 1 aromatic heterocycles. The molecule has 1 heterocycles. The number of hydrogen-bond acceptors (Lipinski definition) is 3. The van der Waals surface area contributed by atoms with Gasteiger partial charge in [0.25, 0.3) is 0 Å². The fourth-order valence-corrected chi connectivity index (χ4v) is 2.77. The first kappa shape index (κ1) is 14.6. The molecule has 0 atom stereocenters. The summed E-state index contributed by atoms with van der Waals surface area (Å²) in [4.78, 5) is 6.17. The predicted octanol–water partition coefficient (Wildman–Crippen LogP) is 4.12. The van der Waals surface area contributed by atoms with Crippen molar-refractivity contribution in [3.8, 4) is 0 Å². The van der Waals surface area contributed by atoms with Crippen LogP contribution in [0.2, 0.25) is 0 Å². The van der Waals surface area contributed by atoms with Crippen molar-refractivity contribution in [2.24, 2.45) is 0 Å². The molecule has 2 rings (SSSR count). The van der Waals surface area contributed by atoms with E-state index in [1.54, 1.807) is 11.3 Å². The maximum Gasteiger partial charge on any atom is 0.144 e. The highest BCUT2D eigenvalue weighted by Gasteiger charge is 2.14. The first-order chi connectivity index (χ1) is 8.97. The molecule has 0 aliphatic carbocycles. The van der Waals surface area contributed by atoms with E-state index in [1.807, 2.05) is 24.3 Å². The lowest BCUT2D eigenvalue weighted by molar-refractivity contribution is 0.303. The molecule has 0 saturated heterocycles. The maximum atomic E-state index is 13.8. The number of halogens is 3. The van der Waals surface area contributed by atoms with Crippen LogP contribution in [0.4, 0.5) is 8.78 Å². The van der Waals surface area contributed by atoms with E-state index in [-0.39, 0.29) is 16.6 Å². The van der Waals surface area contributed by atoms with Crippen molar-refractivity contribution in [2.45, 2.75) is 20.0 Å². The van der Waals surface area contributed by atoms with Gasteiger partial charge in [0.05, 0.1) is 15.2 Å². The van der Waals surface area contributed by atoms with Gasteiger partial charge in [-0.1, -0.05) is 0 Å². The van der Waals surface area contributed by atoms with Gasteiger partial charge in [0.2, 0.25) is 0 Å². The molecule has 0 N–H and O–H groups in total. The summed E-state index contributed by atoms with van der Waals surface area (Å²) < 4.78 is 27.8. The minimum absolute atomic E-state index is 0.0730. The molecular weight excluding hydrogens is 334 g/mol. The van der Waals surface area contributed by atoms with Crippen molar-refractivity contribution in [3.63, 3.8) is 0 Å². The Morgan fingerprint density at radius 1 is 1.32 bits per heavy atom. The lowest BCUT2D eigenvalue weighted by atomic mass is 10.2. The van der Waals surface area contributed by atoms with Gasteiger partial charge in [0, 0.05) is 24.0 Å². The second-order valence-corrected chi connectivity index (χ2v) is 6.27. The lowest BCUT2D eigenvalue weighted by Crippen LogP contribution is -2.19. The van der Waals surface area contributed by atoms with Crippen molar-refractivity contribution in [1.29, 1.82) is 0 Å². The molecule has 102 valence electrons. The van der Waals surface area contributed by atoms with E-state index in [4.69, 9.17) is 0 Å². The highest BCUT2D eigenvalue weighted by atomic mass is 79.9. The summed E-state index contributed by atoms with van der Waals surface area (Å²) in [7, 11) is 1.81. The van der Waals surface area contributed by atoms with Crippen molar-refractivity contribution in [3.05, 3.63) is 49.9 Å². The third kappa shape index (κ3) is 3.58. The van der Waals surface area contributed by atoms with Crippen LogP contribution in [0.5, 0.6) is 0 Å². The highest BCUT2D eigenvalue weighted by Crippen LogP contribution is 2.23. The van der Waals surface area contributed by atoms with Gasteiger partial charge in [0.1, 0.15) is 11.6 Å². The van der Waals surface area contributed by atoms with Crippen LogP contribution in [0.25, 0.3) is 0 Å². The summed E-state index contributed by atoms with van der Waals surface area (Å²) in [5, 5.41) is 2.95. The molecule has 19 heavy (non-hydrogen) atoms. The first-order valence-corrected chi connectivity index (χ1v) is 7.36. The Morgan fingerprint density at radius 2 is 2.05 bits per heavy atom. The molecule has 0 amide bonds. The third-order valence-electron chi connectivity index (χ3n) is 2.67. The second-order valence-electron chi connectivity index (χ2n) is 4.35. The average molecular weight is 347 g/mol. The third-order valence-corrected chi connectivity index (χ3v) is 4.10. The van der Waals surface area contributed by atoms with Gasteiger partial charge in [-0.25, -0.2) is 13.8 Å². The zero-order chi connectivity index (χ0) is 14.0. The molecule has 0 aliphatic heterocycles. The Balaban J connectivity index is 2.11. The SMILES string of the molecule is Cc1nc(CN(C)Cc2c(F)ccc(Br)c2F)cs1. The van der Waals surface area contributed by atoms with Gasteiger partial charge < -0.3 is 0 Å². The van der Waals surface area contributed by atoms with E-state index in [0.717, 1.165) is 10.7 Å². The van der Waals surface area contributed by atoms with Gasteiger partial charge >= 0.3 is 0 Å². The largest absolute Gasteiger partial charge is 0.296 e. The number of nitrogens with zero attached hydrogens (tertiary/aromatic N) is 2. The van der Waals surface area contributed by atoms with Crippen LogP contribution in [0.1, 0.15) is 16.3 Å². The van der Waals surface area contributed by atoms with E-state index in [2.05, 4.69) is 20.9 Å². The molecule has 2 aromatic rings. The fraction of sp³-hybridized carbons (Fsp3) is 0.308. The van der Waals surface area contributed by atoms with Crippen LogP contribution in [-0.4, -0.2) is 16.9 Å². The molecule has 1 aromatic carbocycles. The van der Waals surface area contributed by atoms with Crippen LogP contribution >= 0.6 is 27.3 Å². The van der Waals surface area contributed by atoms with Crippen LogP contribution < -0.4 is 0 Å². The van der Waals surface area contributed by atoms with Gasteiger partial charge in [-0.15, -0.1) is 11.3 Å². The van der Waals surface area contributed by atoms with E-state index in [9.17, 15) is 8.78 Å². The van der Waals surface area contributed by atoms with E-state index < -0.39 is 11.6 Å². The van der Waals surface area contributed by atoms with Crippen LogP contribution in [0, 0.1) is 18.6 Å². The first-order valence-electron chi connectivity index (χ1n) is 5.69. The molecule has 0 radical (unpaired) electrons. The quantitative estimate of drug-likeness (QED) is 0.774. The van der Waals surface area contributed by atoms with Crippen molar-refractivity contribution >= 4 is 27.3 Å². The summed E-state index contributed by atoms with van der Waals surface area (Å²) in [5.41, 5.74) is 0.990. The lowest BCUT2D eigenvalue weighted by Gasteiger charge is -2.16. The second kappa shape index (κ2) is 6.07. The zero-order valence-corrected chi connectivity index (χ0v) is 13.0. The number of benzene rings is 1. The average Bonchev–Trinajstić information content (AvgIpc) is 2.75. The number of hydrogen-bond donors (Lipinski definition) is 0. The summed E-state index contributed by atoms with van der Waals surface area (Å²) in [6.07, 6.45) is 0. The van der Waals surface area contributed by atoms with Crippen molar-refractivity contribution in [2.75, 3.05) is 7.05 Å². The maximum absolute atomic E-state index is 13.8. The predicted molar refractivity (Wildman–Crippen MR) is 76.1 cm³/mol. The fourth-order valence-electron chi connectivity index (χ4n) is 1.80. The van der Waals surface area contributed by atoms with Gasteiger partial charge in [-0.3, -0.25) is 4.90 Å². The Labute approximate surface area is 123 Å². The molecule has 6 heteroatoms. The van der Waals surface area contributed by atoms with Crippen LogP contribution in [0.15, 0.2) is 22.0 Å². The Hall–Kier alpha value is -0.850. The molecule has 0 saturated carbocycles. The van der Waals surface area contributed by atoms with Gasteiger partial charge in [-0.2, -0.15) is 0 Å². The van der Waals surface area contributed by atoms with Crippen molar-refractivity contribution in [1.82, 2.24) is 9.88 Å². The Bertz CT molecular complexity index is 586. The number of rotatable bonds is 4. The van der Waals surface area contributed by atoms with Gasteiger partial charge in [-0.05, 0) is 42.0 Å². The number of aromatic nitrogens is 1. The number of thiazole rings is 1. The minimum Gasteiger partial charge on any atom is -0.296 e. The molecule has 0 aliphatic rings. The monoisotopic (exact) mass is 346 g/mol. The Kier molecular flexibility index (Phi) is 4.65. The zero-order valence-electron chi connectivity index (χ0n) is 10.6. The van der Waals surface area contributed by atoms with Crippen molar-refractivity contribution < 1.29 is 8.78 Å². The summed E-state index contributed by atoms with van der Waals surface area (Å²) in [6, 6.07) is 2.64. The normalized spacial score (nSPS) is 11.3. The smallest absolute Gasteiger partial charge is 0.144 e. The molecule has 0 spiro atoms. The van der Waals surface area contributed by atoms with E-state index >= 15 is 0 Å². The Morgan fingerprint density at radius 3 is 2.68 bits per heavy atom. The highest BCUT2D eigenvalue weighted by molar-refractivity contribution is 9.10. The van der Waals surface area contributed by atoms with E-state index in [0.29, 0.717) is 6.54 Å². The molecular formula is C13H13BrF2N2S. The van der Waals surface area contributed by atoms with Gasteiger partial charge in [0.15, 0.2) is 0 Å². The van der Waals surface area contributed by atoms with Crippen LogP contribution in [-0.2, 0) is 13.1 Å². The molecule has 0 bridgehead atoms. The molecule has 2 nitrogen and oxygen atoms in total. The van der Waals surface area contributed by atoms with E-state index in [1.165, 1.54) is 12.1 Å². The summed E-state index contributed by atoms with van der Waals surface area (Å²) in [5.74, 6) is -1.07. The molecule has 0 fully saturated rings. The topological polar surface area (TPSA) is 16.1 Å². The standard InChI is InChI=1S/C13H13BrF2N2S/c1-8-17-9(7-19-8)5-18(2)6-10-12(15)4-3-11(14)13(10)16/h3-4,7H,5-6H2,1-2H3.